The first kappa shape index (κ1) is 16.7. The van der Waals surface area contributed by atoms with E-state index in [2.05, 4.69) is 42.7 Å². The topological polar surface area (TPSA) is 65.7 Å². The number of hydrogen-bond acceptors (Lipinski definition) is 5. The Labute approximate surface area is 132 Å². The van der Waals surface area contributed by atoms with Gasteiger partial charge in [0.05, 0.1) is 6.04 Å². The van der Waals surface area contributed by atoms with E-state index in [-0.39, 0.29) is 17.5 Å². The first-order valence-corrected chi connectivity index (χ1v) is 7.74. The van der Waals surface area contributed by atoms with E-state index < -0.39 is 0 Å². The van der Waals surface area contributed by atoms with E-state index >= 15 is 0 Å². The van der Waals surface area contributed by atoms with Crippen LogP contribution < -0.4 is 0 Å². The fourth-order valence-corrected chi connectivity index (χ4v) is 2.45. The zero-order chi connectivity index (χ0) is 16.5. The van der Waals surface area contributed by atoms with Gasteiger partial charge >= 0.3 is 6.03 Å². The van der Waals surface area contributed by atoms with E-state index in [4.69, 9.17) is 4.52 Å². The summed E-state index contributed by atoms with van der Waals surface area (Å²) in [5.74, 6) is 1.38. The zero-order valence-electron chi connectivity index (χ0n) is 14.5. The number of urea groups is 1. The van der Waals surface area contributed by atoms with Crippen LogP contribution in [-0.2, 0) is 5.41 Å². The van der Waals surface area contributed by atoms with Gasteiger partial charge in [0.15, 0.2) is 5.82 Å². The van der Waals surface area contributed by atoms with Crippen molar-refractivity contribution in [3.8, 4) is 0 Å². The Morgan fingerprint density at radius 1 is 1.23 bits per heavy atom. The molecule has 0 unspecified atom stereocenters. The first-order valence-electron chi connectivity index (χ1n) is 7.74. The van der Waals surface area contributed by atoms with Gasteiger partial charge in [-0.15, -0.1) is 0 Å². The number of rotatable bonds is 2. The Balaban J connectivity index is 1.96. The highest BCUT2D eigenvalue weighted by Gasteiger charge is 2.29. The lowest BCUT2D eigenvalue weighted by Crippen LogP contribution is -2.51. The number of piperazine rings is 1. The fraction of sp³-hybridized carbons (Fsp3) is 0.800. The van der Waals surface area contributed by atoms with Crippen molar-refractivity contribution in [2.75, 3.05) is 40.3 Å². The lowest BCUT2D eigenvalue weighted by atomic mass is 9.96. The Bertz CT molecular complexity index is 512. The van der Waals surface area contributed by atoms with Gasteiger partial charge in [0.2, 0.25) is 5.89 Å². The van der Waals surface area contributed by atoms with Crippen LogP contribution in [0.4, 0.5) is 4.79 Å². The van der Waals surface area contributed by atoms with Gasteiger partial charge in [-0.2, -0.15) is 4.98 Å². The number of amides is 2. The molecule has 7 heteroatoms. The highest BCUT2D eigenvalue weighted by Crippen LogP contribution is 2.24. The minimum atomic E-state index is -0.113. The fourth-order valence-electron chi connectivity index (χ4n) is 2.45. The highest BCUT2D eigenvalue weighted by atomic mass is 16.5. The van der Waals surface area contributed by atoms with Crippen molar-refractivity contribution in [2.24, 2.45) is 0 Å². The lowest BCUT2D eigenvalue weighted by Gasteiger charge is -2.37. The normalized spacial score (nSPS) is 18.4. The van der Waals surface area contributed by atoms with Gasteiger partial charge in [0, 0.05) is 45.7 Å². The molecule has 1 aromatic rings. The number of hydrogen-bond donors (Lipinski definition) is 0. The van der Waals surface area contributed by atoms with Gasteiger partial charge in [-0.1, -0.05) is 25.9 Å². The summed E-state index contributed by atoms with van der Waals surface area (Å²) in [5.41, 5.74) is -0.113. The van der Waals surface area contributed by atoms with Crippen LogP contribution in [0, 0.1) is 0 Å². The molecule has 124 valence electrons. The van der Waals surface area contributed by atoms with Crippen LogP contribution in [0.5, 0.6) is 0 Å². The molecule has 22 heavy (non-hydrogen) atoms. The number of carbonyl (C=O) groups is 1. The van der Waals surface area contributed by atoms with Crippen molar-refractivity contribution in [3.63, 3.8) is 0 Å². The molecule has 1 aliphatic rings. The molecule has 0 aliphatic carbocycles. The molecule has 0 saturated carbocycles. The molecule has 2 heterocycles. The third-order valence-corrected chi connectivity index (χ3v) is 3.99. The summed E-state index contributed by atoms with van der Waals surface area (Å²) in [6.45, 7) is 11.3. The standard InChI is InChI=1S/C15H27N5O2/c1-11(12-16-13(17-22-12)15(2,3)4)19-7-9-20(10-8-19)14(21)18(5)6/h11H,7-10H2,1-6H3/t11-/m1/s1. The molecule has 1 fully saturated rings. The third kappa shape index (κ3) is 3.58. The van der Waals surface area contributed by atoms with Gasteiger partial charge in [0.25, 0.3) is 0 Å². The summed E-state index contributed by atoms with van der Waals surface area (Å²) in [6.07, 6.45) is 0. The second-order valence-electron chi connectivity index (χ2n) is 7.08. The maximum Gasteiger partial charge on any atom is 0.319 e. The second kappa shape index (κ2) is 6.24. The minimum Gasteiger partial charge on any atom is -0.338 e. The van der Waals surface area contributed by atoms with Crippen LogP contribution in [0.3, 0.4) is 0 Å². The average Bonchev–Trinajstić information content (AvgIpc) is 2.95. The van der Waals surface area contributed by atoms with E-state index in [1.54, 1.807) is 19.0 Å². The first-order chi connectivity index (χ1) is 10.2. The molecular weight excluding hydrogens is 282 g/mol. The van der Waals surface area contributed by atoms with E-state index in [1.807, 2.05) is 4.90 Å². The largest absolute Gasteiger partial charge is 0.338 e. The van der Waals surface area contributed by atoms with Gasteiger partial charge in [-0.3, -0.25) is 4.90 Å². The maximum absolute atomic E-state index is 12.0. The van der Waals surface area contributed by atoms with Crippen molar-refractivity contribution < 1.29 is 9.32 Å². The number of aromatic nitrogens is 2. The van der Waals surface area contributed by atoms with Gasteiger partial charge < -0.3 is 14.3 Å². The van der Waals surface area contributed by atoms with Crippen LogP contribution in [0.1, 0.15) is 45.5 Å². The molecule has 1 atom stereocenters. The van der Waals surface area contributed by atoms with Crippen LogP contribution in [0.2, 0.25) is 0 Å². The minimum absolute atomic E-state index is 0.0695. The van der Waals surface area contributed by atoms with Crippen molar-refractivity contribution >= 4 is 6.03 Å². The molecule has 2 rings (SSSR count). The van der Waals surface area contributed by atoms with Crippen LogP contribution >= 0.6 is 0 Å². The van der Waals surface area contributed by atoms with Crippen molar-refractivity contribution in [1.29, 1.82) is 0 Å². The van der Waals surface area contributed by atoms with E-state index in [1.165, 1.54) is 0 Å². The van der Waals surface area contributed by atoms with Crippen molar-refractivity contribution in [1.82, 2.24) is 24.8 Å². The smallest absolute Gasteiger partial charge is 0.319 e. The molecular formula is C15H27N5O2. The lowest BCUT2D eigenvalue weighted by molar-refractivity contribution is 0.0912. The zero-order valence-corrected chi connectivity index (χ0v) is 14.5. The molecule has 1 aliphatic heterocycles. The van der Waals surface area contributed by atoms with Crippen LogP contribution in [-0.4, -0.2) is 71.1 Å². The summed E-state index contributed by atoms with van der Waals surface area (Å²) in [6, 6.07) is 0.139. The Hall–Kier alpha value is -1.63. The third-order valence-electron chi connectivity index (χ3n) is 3.99. The highest BCUT2D eigenvalue weighted by molar-refractivity contribution is 5.73. The molecule has 7 nitrogen and oxygen atoms in total. The Morgan fingerprint density at radius 2 is 1.82 bits per heavy atom. The molecule has 2 amide bonds. The molecule has 0 spiro atoms. The Morgan fingerprint density at radius 3 is 2.27 bits per heavy atom. The summed E-state index contributed by atoms with van der Waals surface area (Å²) in [4.78, 5) is 22.2. The molecule has 0 aromatic carbocycles. The van der Waals surface area contributed by atoms with Crippen molar-refractivity contribution in [2.45, 2.75) is 39.2 Å². The molecule has 0 bridgehead atoms. The van der Waals surface area contributed by atoms with Crippen molar-refractivity contribution in [3.05, 3.63) is 11.7 Å². The van der Waals surface area contributed by atoms with Gasteiger partial charge in [0.1, 0.15) is 0 Å². The Kier molecular flexibility index (Phi) is 4.75. The molecule has 0 N–H and O–H groups in total. The summed E-state index contributed by atoms with van der Waals surface area (Å²) < 4.78 is 5.43. The summed E-state index contributed by atoms with van der Waals surface area (Å²) in [5, 5.41) is 4.09. The SMILES string of the molecule is C[C@H](c1nc(C(C)(C)C)no1)N1CCN(C(=O)N(C)C)CC1. The van der Waals surface area contributed by atoms with Crippen LogP contribution in [0.15, 0.2) is 4.52 Å². The summed E-state index contributed by atoms with van der Waals surface area (Å²) in [7, 11) is 3.56. The molecule has 1 saturated heterocycles. The number of carbonyl (C=O) groups excluding carboxylic acids is 1. The van der Waals surface area contributed by atoms with E-state index in [0.717, 1.165) is 32.0 Å². The maximum atomic E-state index is 12.0. The second-order valence-corrected chi connectivity index (χ2v) is 7.08. The average molecular weight is 309 g/mol. The molecule has 0 radical (unpaired) electrons. The van der Waals surface area contributed by atoms with Gasteiger partial charge in [-0.05, 0) is 6.92 Å². The predicted octanol–water partition coefficient (Wildman–Crippen LogP) is 1.73. The monoisotopic (exact) mass is 309 g/mol. The number of nitrogens with zero attached hydrogens (tertiary/aromatic N) is 5. The molecule has 1 aromatic heterocycles. The van der Waals surface area contributed by atoms with E-state index in [0.29, 0.717) is 5.89 Å². The predicted molar refractivity (Wildman–Crippen MR) is 83.6 cm³/mol. The van der Waals surface area contributed by atoms with Gasteiger partial charge in [-0.25, -0.2) is 4.79 Å². The van der Waals surface area contributed by atoms with Crippen LogP contribution in [0.25, 0.3) is 0 Å². The summed E-state index contributed by atoms with van der Waals surface area (Å²) >= 11 is 0. The quantitative estimate of drug-likeness (QED) is 0.832. The van der Waals surface area contributed by atoms with E-state index in [9.17, 15) is 4.79 Å².